The average Bonchev–Trinajstić information content (AvgIpc) is 3.12. The summed E-state index contributed by atoms with van der Waals surface area (Å²) in [6, 6.07) is 5.34. The lowest BCUT2D eigenvalue weighted by Crippen LogP contribution is -2.24. The van der Waals surface area contributed by atoms with Crippen LogP contribution in [0.5, 0.6) is 0 Å². The van der Waals surface area contributed by atoms with Gasteiger partial charge in [0, 0.05) is 41.2 Å². The summed E-state index contributed by atoms with van der Waals surface area (Å²) in [5, 5.41) is 8.12. The van der Waals surface area contributed by atoms with Crippen molar-refractivity contribution in [3.8, 4) is 0 Å². The first-order valence-corrected chi connectivity index (χ1v) is 8.48. The molecule has 1 aliphatic rings. The van der Waals surface area contributed by atoms with Crippen LogP contribution in [0.25, 0.3) is 0 Å². The number of hydrogen-bond acceptors (Lipinski definition) is 5. The molecule has 3 rings (SSSR count). The van der Waals surface area contributed by atoms with E-state index in [1.54, 1.807) is 23.1 Å². The summed E-state index contributed by atoms with van der Waals surface area (Å²) in [5.41, 5.74) is 0.684. The second-order valence-electron chi connectivity index (χ2n) is 5.98. The van der Waals surface area contributed by atoms with Gasteiger partial charge in [-0.3, -0.25) is 4.79 Å². The van der Waals surface area contributed by atoms with E-state index in [0.29, 0.717) is 46.8 Å². The number of aromatic nitrogens is 2. The van der Waals surface area contributed by atoms with Gasteiger partial charge in [-0.25, -0.2) is 0 Å². The monoisotopic (exact) mass is 368 g/mol. The number of nitrogens with zero attached hydrogens (tertiary/aromatic N) is 3. The van der Waals surface area contributed by atoms with E-state index < -0.39 is 0 Å². The Morgan fingerprint density at radius 3 is 2.75 bits per heavy atom. The predicted octanol–water partition coefficient (Wildman–Crippen LogP) is 3.05. The molecule has 128 valence electrons. The van der Waals surface area contributed by atoms with Crippen molar-refractivity contribution in [2.45, 2.75) is 31.7 Å². The summed E-state index contributed by atoms with van der Waals surface area (Å²) in [6.45, 7) is 2.51. The molecule has 2 heterocycles. The number of rotatable bonds is 5. The van der Waals surface area contributed by atoms with Crippen molar-refractivity contribution in [3.63, 3.8) is 0 Å². The minimum atomic E-state index is -0.124. The van der Waals surface area contributed by atoms with Crippen molar-refractivity contribution in [1.29, 1.82) is 0 Å². The number of halogens is 2. The largest absolute Gasteiger partial charge is 0.339 e. The summed E-state index contributed by atoms with van der Waals surface area (Å²) in [5.74, 6) is 1.00. The fraction of sp³-hybridized carbons (Fsp3) is 0.438. The molecule has 1 fully saturated rings. The number of carbonyl (C=O) groups excluding carboxylic acids is 1. The molecule has 1 saturated heterocycles. The molecule has 2 aromatic rings. The van der Waals surface area contributed by atoms with Crippen LogP contribution in [0.1, 0.15) is 31.0 Å². The second-order valence-corrected chi connectivity index (χ2v) is 6.85. The lowest BCUT2D eigenvalue weighted by molar-refractivity contribution is -0.117. The first-order chi connectivity index (χ1) is 11.5. The third-order valence-electron chi connectivity index (χ3n) is 4.10. The van der Waals surface area contributed by atoms with E-state index >= 15 is 0 Å². The average molecular weight is 369 g/mol. The molecule has 0 radical (unpaired) electrons. The predicted molar refractivity (Wildman–Crippen MR) is 92.7 cm³/mol. The molecular weight excluding hydrogens is 351 g/mol. The highest BCUT2D eigenvalue weighted by Gasteiger charge is 2.35. The van der Waals surface area contributed by atoms with Crippen molar-refractivity contribution < 1.29 is 9.32 Å². The number of amides is 1. The number of nitrogens with one attached hydrogen (secondary N) is 1. The summed E-state index contributed by atoms with van der Waals surface area (Å²) >= 11 is 12.1. The standard InChI is InChI=1S/C16H18Cl2N4O2/c1-9(19-2)3-14-20-16(24-21-14)10-4-15(23)22(8-10)13-6-11(17)5-12(18)7-13/h5-7,9-10,19H,3-4,8H2,1-2H3. The van der Waals surface area contributed by atoms with E-state index in [4.69, 9.17) is 27.7 Å². The number of anilines is 1. The van der Waals surface area contributed by atoms with Crippen LogP contribution >= 0.6 is 23.2 Å². The Bertz CT molecular complexity index is 729. The van der Waals surface area contributed by atoms with Gasteiger partial charge in [-0.1, -0.05) is 28.4 Å². The van der Waals surface area contributed by atoms with E-state index in [9.17, 15) is 4.79 Å². The number of likely N-dealkylation sites (N-methyl/N-ethyl adjacent to an activating group) is 1. The minimum Gasteiger partial charge on any atom is -0.339 e. The Balaban J connectivity index is 1.75. The Morgan fingerprint density at radius 2 is 2.08 bits per heavy atom. The van der Waals surface area contributed by atoms with Gasteiger partial charge in [0.2, 0.25) is 11.8 Å². The van der Waals surface area contributed by atoms with Gasteiger partial charge >= 0.3 is 0 Å². The first-order valence-electron chi connectivity index (χ1n) is 7.72. The maximum Gasteiger partial charge on any atom is 0.232 e. The summed E-state index contributed by atoms with van der Waals surface area (Å²) in [7, 11) is 1.88. The topological polar surface area (TPSA) is 71.3 Å². The Hall–Kier alpha value is -1.63. The maximum absolute atomic E-state index is 12.4. The smallest absolute Gasteiger partial charge is 0.232 e. The minimum absolute atomic E-state index is 0.0123. The van der Waals surface area contributed by atoms with Gasteiger partial charge < -0.3 is 14.7 Å². The van der Waals surface area contributed by atoms with Crippen LogP contribution in [0, 0.1) is 0 Å². The first kappa shape index (κ1) is 17.2. The third kappa shape index (κ3) is 3.71. The van der Waals surface area contributed by atoms with Gasteiger partial charge in [-0.15, -0.1) is 0 Å². The van der Waals surface area contributed by atoms with Crippen LogP contribution in [0.15, 0.2) is 22.7 Å². The summed E-state index contributed by atoms with van der Waals surface area (Å²) < 4.78 is 5.35. The van der Waals surface area contributed by atoms with Crippen LogP contribution in [0.2, 0.25) is 10.0 Å². The Morgan fingerprint density at radius 1 is 1.38 bits per heavy atom. The molecule has 1 N–H and O–H groups in total. The fourth-order valence-corrected chi connectivity index (χ4v) is 3.22. The van der Waals surface area contributed by atoms with Crippen LogP contribution in [0.3, 0.4) is 0 Å². The quantitative estimate of drug-likeness (QED) is 0.877. The van der Waals surface area contributed by atoms with Crippen LogP contribution < -0.4 is 10.2 Å². The number of carbonyl (C=O) groups is 1. The van der Waals surface area contributed by atoms with Gasteiger partial charge in [-0.2, -0.15) is 4.98 Å². The zero-order valence-corrected chi connectivity index (χ0v) is 14.9. The zero-order chi connectivity index (χ0) is 17.3. The van der Waals surface area contributed by atoms with Crippen LogP contribution in [-0.4, -0.2) is 35.7 Å². The fourth-order valence-electron chi connectivity index (χ4n) is 2.71. The molecule has 24 heavy (non-hydrogen) atoms. The third-order valence-corrected chi connectivity index (χ3v) is 4.54. The van der Waals surface area contributed by atoms with Crippen molar-refractivity contribution in [3.05, 3.63) is 40.0 Å². The highest BCUT2D eigenvalue weighted by Crippen LogP contribution is 2.33. The normalized spacial score (nSPS) is 19.1. The van der Waals surface area contributed by atoms with E-state index in [1.807, 2.05) is 14.0 Å². The molecule has 0 spiro atoms. The van der Waals surface area contributed by atoms with Crippen molar-refractivity contribution in [2.24, 2.45) is 0 Å². The van der Waals surface area contributed by atoms with Gasteiger partial charge in [0.1, 0.15) is 0 Å². The highest BCUT2D eigenvalue weighted by atomic mass is 35.5. The van der Waals surface area contributed by atoms with Crippen molar-refractivity contribution >= 4 is 34.8 Å². The molecular formula is C16H18Cl2N4O2. The second kappa shape index (κ2) is 7.09. The molecule has 8 heteroatoms. The summed E-state index contributed by atoms with van der Waals surface area (Å²) in [6.07, 6.45) is 1.00. The van der Waals surface area contributed by atoms with Gasteiger partial charge in [0.25, 0.3) is 0 Å². The van der Waals surface area contributed by atoms with Gasteiger partial charge in [0.15, 0.2) is 5.82 Å². The Labute approximate surface area is 150 Å². The molecule has 2 atom stereocenters. The molecule has 2 unspecified atom stereocenters. The van der Waals surface area contributed by atoms with Crippen LogP contribution in [-0.2, 0) is 11.2 Å². The van der Waals surface area contributed by atoms with E-state index in [1.165, 1.54) is 0 Å². The van der Waals surface area contributed by atoms with E-state index in [2.05, 4.69) is 15.5 Å². The molecule has 1 aliphatic heterocycles. The molecule has 1 aromatic heterocycles. The molecule has 1 amide bonds. The molecule has 6 nitrogen and oxygen atoms in total. The van der Waals surface area contributed by atoms with Gasteiger partial charge in [0.05, 0.1) is 5.92 Å². The van der Waals surface area contributed by atoms with Crippen molar-refractivity contribution in [2.75, 3.05) is 18.5 Å². The van der Waals surface area contributed by atoms with E-state index in [0.717, 1.165) is 0 Å². The van der Waals surface area contributed by atoms with Gasteiger partial charge in [-0.05, 0) is 32.2 Å². The zero-order valence-electron chi connectivity index (χ0n) is 13.4. The lowest BCUT2D eigenvalue weighted by Gasteiger charge is -2.16. The maximum atomic E-state index is 12.4. The highest BCUT2D eigenvalue weighted by molar-refractivity contribution is 6.35. The number of hydrogen-bond donors (Lipinski definition) is 1. The molecule has 0 saturated carbocycles. The SMILES string of the molecule is CNC(C)Cc1noc(C2CC(=O)N(c3cc(Cl)cc(Cl)c3)C2)n1. The van der Waals surface area contributed by atoms with Crippen molar-refractivity contribution in [1.82, 2.24) is 15.5 Å². The molecule has 1 aromatic carbocycles. The number of benzene rings is 1. The van der Waals surface area contributed by atoms with Crippen LogP contribution in [0.4, 0.5) is 5.69 Å². The molecule has 0 aliphatic carbocycles. The Kier molecular flexibility index (Phi) is 5.08. The molecule has 0 bridgehead atoms. The summed E-state index contributed by atoms with van der Waals surface area (Å²) in [4.78, 5) is 18.4. The lowest BCUT2D eigenvalue weighted by atomic mass is 10.1. The van der Waals surface area contributed by atoms with E-state index in [-0.39, 0.29) is 17.9 Å².